The predicted octanol–water partition coefficient (Wildman–Crippen LogP) is 2.48. The molecule has 0 saturated carbocycles. The average molecular weight is 318 g/mol. The second-order valence-electron chi connectivity index (χ2n) is 3.69. The summed E-state index contributed by atoms with van der Waals surface area (Å²) in [6.07, 6.45) is -4.61. The van der Waals surface area contributed by atoms with Gasteiger partial charge in [0.25, 0.3) is 0 Å². The van der Waals surface area contributed by atoms with E-state index in [1.165, 1.54) is 0 Å². The van der Waals surface area contributed by atoms with Crippen LogP contribution in [0.25, 0.3) is 0 Å². The molecule has 108 valence electrons. The van der Waals surface area contributed by atoms with Crippen molar-refractivity contribution in [3.8, 4) is 0 Å². The number of hydrogen-bond donors (Lipinski definition) is 2. The van der Waals surface area contributed by atoms with E-state index >= 15 is 0 Å². The number of hydrogen-bond acceptors (Lipinski definition) is 3. The van der Waals surface area contributed by atoms with E-state index in [2.05, 4.69) is 0 Å². The molecule has 0 unspecified atom stereocenters. The van der Waals surface area contributed by atoms with Gasteiger partial charge < -0.3 is 5.11 Å². The van der Waals surface area contributed by atoms with Crippen LogP contribution in [0.1, 0.15) is 12.0 Å². The number of halogens is 4. The van der Waals surface area contributed by atoms with Crippen LogP contribution in [0, 0.1) is 0 Å². The van der Waals surface area contributed by atoms with Gasteiger partial charge in [0, 0.05) is 6.61 Å². The number of alkyl halides is 3. The second-order valence-corrected chi connectivity index (χ2v) is 5.94. The zero-order chi connectivity index (χ0) is 14.7. The number of benzene rings is 1. The first-order valence-corrected chi connectivity index (χ1v) is 7.17. The lowest BCUT2D eigenvalue weighted by atomic mass is 10.2. The van der Waals surface area contributed by atoms with Gasteiger partial charge in [0.05, 0.1) is 22.0 Å². The van der Waals surface area contributed by atoms with E-state index in [4.69, 9.17) is 16.7 Å². The number of rotatable bonds is 5. The lowest BCUT2D eigenvalue weighted by Gasteiger charge is -2.12. The van der Waals surface area contributed by atoms with E-state index < -0.39 is 27.5 Å². The Hall–Kier alpha value is -0.990. The molecular weight excluding hydrogens is 307 g/mol. The normalized spacial score (nSPS) is 12.5. The molecule has 0 amide bonds. The van der Waals surface area contributed by atoms with E-state index in [1.54, 1.807) is 0 Å². The van der Waals surface area contributed by atoms with Crippen molar-refractivity contribution in [1.29, 1.82) is 0 Å². The molecule has 0 aromatic heterocycles. The summed E-state index contributed by atoms with van der Waals surface area (Å²) in [5, 5.41) is 8.40. The molecule has 0 aliphatic carbocycles. The Balaban J connectivity index is 3.01. The highest BCUT2D eigenvalue weighted by molar-refractivity contribution is 7.92. The van der Waals surface area contributed by atoms with E-state index in [9.17, 15) is 21.6 Å². The molecule has 0 radical (unpaired) electrons. The third-order valence-electron chi connectivity index (χ3n) is 2.13. The van der Waals surface area contributed by atoms with Gasteiger partial charge in [0.2, 0.25) is 10.0 Å². The average Bonchev–Trinajstić information content (AvgIpc) is 2.28. The molecule has 0 bridgehead atoms. The van der Waals surface area contributed by atoms with Gasteiger partial charge in [-0.15, -0.1) is 0 Å². The number of sulfonamides is 1. The van der Waals surface area contributed by atoms with Gasteiger partial charge in [0.15, 0.2) is 0 Å². The first-order valence-electron chi connectivity index (χ1n) is 5.14. The van der Waals surface area contributed by atoms with Gasteiger partial charge in [-0.25, -0.2) is 8.42 Å². The van der Waals surface area contributed by atoms with Crippen LogP contribution < -0.4 is 4.72 Å². The maximum absolute atomic E-state index is 12.5. The molecule has 0 spiro atoms. The largest absolute Gasteiger partial charge is 0.416 e. The zero-order valence-electron chi connectivity index (χ0n) is 9.54. The molecule has 0 aliphatic rings. The summed E-state index contributed by atoms with van der Waals surface area (Å²) in [5.41, 5.74) is -1.34. The molecule has 1 rings (SSSR count). The van der Waals surface area contributed by atoms with Gasteiger partial charge in [-0.3, -0.25) is 4.72 Å². The van der Waals surface area contributed by atoms with E-state index in [1.807, 2.05) is 4.72 Å². The van der Waals surface area contributed by atoms with Crippen molar-refractivity contribution in [2.45, 2.75) is 12.6 Å². The summed E-state index contributed by atoms with van der Waals surface area (Å²) in [6.45, 7) is -0.336. The second kappa shape index (κ2) is 5.98. The SMILES string of the molecule is O=S(=O)(CCCO)Nc1cc(C(F)(F)F)ccc1Cl. The fourth-order valence-electron chi connectivity index (χ4n) is 1.25. The van der Waals surface area contributed by atoms with Crippen LogP contribution in [0.15, 0.2) is 18.2 Å². The number of aliphatic hydroxyl groups excluding tert-OH is 1. The molecule has 2 N–H and O–H groups in total. The Morgan fingerprint density at radius 3 is 2.47 bits per heavy atom. The summed E-state index contributed by atoms with van der Waals surface area (Å²) < 4.78 is 62.4. The fraction of sp³-hybridized carbons (Fsp3) is 0.400. The lowest BCUT2D eigenvalue weighted by molar-refractivity contribution is -0.137. The molecule has 0 heterocycles. The van der Waals surface area contributed by atoms with Crippen molar-refractivity contribution in [3.63, 3.8) is 0 Å². The van der Waals surface area contributed by atoms with Crippen molar-refractivity contribution < 1.29 is 26.7 Å². The Morgan fingerprint density at radius 1 is 1.32 bits per heavy atom. The van der Waals surface area contributed by atoms with Crippen molar-refractivity contribution in [1.82, 2.24) is 0 Å². The minimum absolute atomic E-state index is 0.0219. The third-order valence-corrected chi connectivity index (χ3v) is 3.82. The Bertz CT molecular complexity index is 545. The van der Waals surface area contributed by atoms with Gasteiger partial charge in [-0.1, -0.05) is 11.6 Å². The first kappa shape index (κ1) is 16.1. The summed E-state index contributed by atoms with van der Waals surface area (Å²) in [4.78, 5) is 0. The van der Waals surface area contributed by atoms with Gasteiger partial charge in [-0.05, 0) is 24.6 Å². The van der Waals surface area contributed by atoms with Crippen LogP contribution >= 0.6 is 11.6 Å². The maximum atomic E-state index is 12.5. The number of nitrogens with one attached hydrogen (secondary N) is 1. The Kier molecular flexibility index (Phi) is 5.05. The monoisotopic (exact) mass is 317 g/mol. The number of anilines is 1. The highest BCUT2D eigenvalue weighted by Gasteiger charge is 2.31. The zero-order valence-corrected chi connectivity index (χ0v) is 11.1. The molecule has 0 fully saturated rings. The van der Waals surface area contributed by atoms with Crippen molar-refractivity contribution >= 4 is 27.3 Å². The molecule has 9 heteroatoms. The van der Waals surface area contributed by atoms with Crippen molar-refractivity contribution in [2.75, 3.05) is 17.1 Å². The van der Waals surface area contributed by atoms with Crippen LogP contribution in [-0.2, 0) is 16.2 Å². The van der Waals surface area contributed by atoms with E-state index in [0.717, 1.165) is 12.1 Å². The quantitative estimate of drug-likeness (QED) is 0.877. The van der Waals surface area contributed by atoms with Gasteiger partial charge >= 0.3 is 6.18 Å². The summed E-state index contributed by atoms with van der Waals surface area (Å²) in [6, 6.07) is 2.35. The van der Waals surface area contributed by atoms with E-state index in [-0.39, 0.29) is 23.7 Å². The maximum Gasteiger partial charge on any atom is 0.416 e. The predicted molar refractivity (Wildman–Crippen MR) is 65.6 cm³/mol. The Morgan fingerprint density at radius 2 is 1.95 bits per heavy atom. The molecule has 4 nitrogen and oxygen atoms in total. The standard InChI is InChI=1S/C10H11ClF3NO3S/c11-8-3-2-7(10(12,13)14)6-9(8)15-19(17,18)5-1-4-16/h2-3,6,15-16H,1,4-5H2. The summed E-state index contributed by atoms with van der Waals surface area (Å²) in [7, 11) is -3.84. The molecule has 1 aromatic rings. The van der Waals surface area contributed by atoms with Crippen molar-refractivity contribution in [2.24, 2.45) is 0 Å². The summed E-state index contributed by atoms with van der Waals surface area (Å²) in [5.74, 6) is -0.407. The molecule has 19 heavy (non-hydrogen) atoms. The third kappa shape index (κ3) is 4.88. The van der Waals surface area contributed by atoms with Crippen LogP contribution in [0.4, 0.5) is 18.9 Å². The minimum Gasteiger partial charge on any atom is -0.396 e. The smallest absolute Gasteiger partial charge is 0.396 e. The molecule has 0 atom stereocenters. The minimum atomic E-state index is -4.59. The molecule has 0 saturated heterocycles. The molecule has 1 aromatic carbocycles. The van der Waals surface area contributed by atoms with E-state index in [0.29, 0.717) is 6.07 Å². The van der Waals surface area contributed by atoms with Crippen LogP contribution in [0.3, 0.4) is 0 Å². The fourth-order valence-corrected chi connectivity index (χ4v) is 2.59. The van der Waals surface area contributed by atoms with Gasteiger partial charge in [-0.2, -0.15) is 13.2 Å². The first-order chi connectivity index (χ1) is 8.65. The topological polar surface area (TPSA) is 66.4 Å². The van der Waals surface area contributed by atoms with Crippen LogP contribution in [-0.4, -0.2) is 25.9 Å². The lowest BCUT2D eigenvalue weighted by Crippen LogP contribution is -2.18. The van der Waals surface area contributed by atoms with Crippen LogP contribution in [0.2, 0.25) is 5.02 Å². The molecular formula is C10H11ClF3NO3S. The molecule has 0 aliphatic heterocycles. The highest BCUT2D eigenvalue weighted by atomic mass is 35.5. The summed E-state index contributed by atoms with van der Waals surface area (Å²) >= 11 is 5.64. The highest BCUT2D eigenvalue weighted by Crippen LogP contribution is 2.34. The van der Waals surface area contributed by atoms with Gasteiger partial charge in [0.1, 0.15) is 0 Å². The Labute approximate surface area is 113 Å². The van der Waals surface area contributed by atoms with Crippen LogP contribution in [0.5, 0.6) is 0 Å². The number of aliphatic hydroxyl groups is 1. The van der Waals surface area contributed by atoms with Crippen molar-refractivity contribution in [3.05, 3.63) is 28.8 Å².